The second-order valence-corrected chi connectivity index (χ2v) is 11.7. The molecule has 158 valence electrons. The monoisotopic (exact) mass is 409 g/mol. The van der Waals surface area contributed by atoms with Gasteiger partial charge in [-0.15, -0.1) is 0 Å². The number of nitrogens with zero attached hydrogens (tertiary/aromatic N) is 2. The Labute approximate surface area is 171 Å². The predicted octanol–water partition coefficient (Wildman–Crippen LogP) is 3.60. The van der Waals surface area contributed by atoms with Crippen molar-refractivity contribution in [2.24, 2.45) is 10.6 Å². The molecule has 1 amide bonds. The molecule has 0 bridgehead atoms. The first-order chi connectivity index (χ1) is 12.8. The van der Waals surface area contributed by atoms with Gasteiger partial charge in [-0.05, 0) is 84.3 Å². The molecule has 1 fully saturated rings. The number of hydrogen-bond acceptors (Lipinski definition) is 4. The van der Waals surface area contributed by atoms with Gasteiger partial charge in [0.05, 0.1) is 15.7 Å². The number of rotatable bonds is 0. The molecule has 1 aliphatic heterocycles. The van der Waals surface area contributed by atoms with Crippen LogP contribution in [0, 0.1) is 5.41 Å². The Morgan fingerprint density at radius 3 is 2.21 bits per heavy atom. The first kappa shape index (κ1) is 22.8. The zero-order valence-electron chi connectivity index (χ0n) is 18.1. The van der Waals surface area contributed by atoms with E-state index in [0.717, 1.165) is 38.8 Å². The van der Waals surface area contributed by atoms with E-state index in [1.807, 2.05) is 58.7 Å². The molecular weight excluding hydrogens is 374 g/mol. The van der Waals surface area contributed by atoms with Crippen LogP contribution in [0.2, 0.25) is 0 Å². The second-order valence-electron chi connectivity index (χ2n) is 9.84. The van der Waals surface area contributed by atoms with Crippen molar-refractivity contribution in [2.75, 3.05) is 13.1 Å². The van der Waals surface area contributed by atoms with Gasteiger partial charge in [0.1, 0.15) is 5.60 Å². The molecule has 1 atom stereocenters. The lowest BCUT2D eigenvalue weighted by atomic mass is 9.76. The molecule has 0 saturated carbocycles. The van der Waals surface area contributed by atoms with Crippen molar-refractivity contribution < 1.29 is 13.7 Å². The maximum atomic E-state index is 12.1. The second kappa shape index (κ2) is 8.49. The van der Waals surface area contributed by atoms with E-state index in [4.69, 9.17) is 9.88 Å². The summed E-state index contributed by atoms with van der Waals surface area (Å²) >= 11 is 0. The Hall–Kier alpha value is -1.47. The molecule has 2 N–H and O–H groups in total. The number of hydrogen-bond donors (Lipinski definition) is 1. The Morgan fingerprint density at radius 2 is 1.75 bits per heavy atom. The number of fused-ring (bicyclic) bond motifs is 1. The Bertz CT molecular complexity index is 687. The van der Waals surface area contributed by atoms with Crippen LogP contribution in [0.1, 0.15) is 65.6 Å². The Kier molecular flexibility index (Phi) is 6.92. The van der Waals surface area contributed by atoms with Crippen molar-refractivity contribution >= 4 is 17.1 Å². The number of nitrogens with two attached hydrogens (primary N) is 1. The SMILES string of the molecule is CC(C)(C)OC(=O)N1CCC2(CC1)Cc1cccnc1C2.CC(C)(C)S(N)=O. The summed E-state index contributed by atoms with van der Waals surface area (Å²) in [6.45, 7) is 12.8. The third kappa shape index (κ3) is 6.27. The molecule has 2 heterocycles. The van der Waals surface area contributed by atoms with Gasteiger partial charge in [-0.3, -0.25) is 10.1 Å². The van der Waals surface area contributed by atoms with Crippen LogP contribution >= 0.6 is 0 Å². The van der Waals surface area contributed by atoms with Crippen molar-refractivity contribution in [1.82, 2.24) is 9.88 Å². The van der Waals surface area contributed by atoms with Crippen molar-refractivity contribution in [3.05, 3.63) is 29.6 Å². The largest absolute Gasteiger partial charge is 0.444 e. The molecule has 1 unspecified atom stereocenters. The summed E-state index contributed by atoms with van der Waals surface area (Å²) in [5.41, 5.74) is 2.54. The minimum Gasteiger partial charge on any atom is -0.444 e. The fraction of sp³-hybridized carbons (Fsp3) is 0.714. The van der Waals surface area contributed by atoms with E-state index in [2.05, 4.69) is 11.1 Å². The number of amides is 1. The van der Waals surface area contributed by atoms with Crippen LogP contribution in [0.3, 0.4) is 0 Å². The summed E-state index contributed by atoms with van der Waals surface area (Å²) < 4.78 is 15.6. The molecule has 1 aliphatic carbocycles. The third-order valence-electron chi connectivity index (χ3n) is 5.17. The quantitative estimate of drug-likeness (QED) is 0.709. The number of aromatic nitrogens is 1. The predicted molar refractivity (Wildman–Crippen MR) is 113 cm³/mol. The Morgan fingerprint density at radius 1 is 1.18 bits per heavy atom. The standard InChI is InChI=1S/C17H24N2O2.C4H11NOS/c1-16(2,3)21-15(20)19-9-6-17(7-10-19)11-13-5-4-8-18-14(13)12-17;1-4(2,3)7(5)6/h4-5,8H,6-7,9-12H2,1-3H3;5H2,1-3H3. The molecule has 6 nitrogen and oxygen atoms in total. The first-order valence-electron chi connectivity index (χ1n) is 9.88. The van der Waals surface area contributed by atoms with E-state index < -0.39 is 16.6 Å². The molecule has 0 aromatic carbocycles. The molecule has 3 rings (SSSR count). The van der Waals surface area contributed by atoms with Gasteiger partial charge in [-0.25, -0.2) is 9.00 Å². The van der Waals surface area contributed by atoms with Crippen molar-refractivity contribution in [3.63, 3.8) is 0 Å². The van der Waals surface area contributed by atoms with Crippen LogP contribution in [0.25, 0.3) is 0 Å². The fourth-order valence-corrected chi connectivity index (χ4v) is 3.46. The fourth-order valence-electron chi connectivity index (χ4n) is 3.46. The zero-order valence-corrected chi connectivity index (χ0v) is 18.9. The van der Waals surface area contributed by atoms with E-state index in [1.54, 1.807) is 0 Å². The Balaban J connectivity index is 0.000000345. The molecule has 0 radical (unpaired) electrons. The number of ether oxygens (including phenoxy) is 1. The minimum atomic E-state index is -1.18. The molecule has 2 aliphatic rings. The normalized spacial score (nSPS) is 19.5. The maximum Gasteiger partial charge on any atom is 0.410 e. The van der Waals surface area contributed by atoms with E-state index in [0.29, 0.717) is 5.41 Å². The molecule has 1 saturated heterocycles. The number of carbonyl (C=O) groups excluding carboxylic acids is 1. The van der Waals surface area contributed by atoms with E-state index >= 15 is 0 Å². The number of likely N-dealkylation sites (tertiary alicyclic amines) is 1. The molecule has 28 heavy (non-hydrogen) atoms. The van der Waals surface area contributed by atoms with Crippen molar-refractivity contribution in [3.8, 4) is 0 Å². The van der Waals surface area contributed by atoms with Gasteiger partial charge in [0.25, 0.3) is 0 Å². The summed E-state index contributed by atoms with van der Waals surface area (Å²) in [6.07, 6.45) is 5.97. The van der Waals surface area contributed by atoms with Crippen LogP contribution < -0.4 is 5.14 Å². The van der Waals surface area contributed by atoms with Gasteiger partial charge in [0.15, 0.2) is 0 Å². The zero-order chi connectivity index (χ0) is 21.2. The highest BCUT2D eigenvalue weighted by Gasteiger charge is 2.41. The lowest BCUT2D eigenvalue weighted by Crippen LogP contribution is -2.45. The van der Waals surface area contributed by atoms with Crippen LogP contribution in [0.5, 0.6) is 0 Å². The summed E-state index contributed by atoms with van der Waals surface area (Å²) in [5, 5.41) is 5.04. The molecule has 1 spiro atoms. The highest BCUT2D eigenvalue weighted by Crippen LogP contribution is 2.43. The average molecular weight is 410 g/mol. The van der Waals surface area contributed by atoms with Crippen molar-refractivity contribution in [2.45, 2.75) is 77.6 Å². The van der Waals surface area contributed by atoms with Gasteiger partial charge in [-0.1, -0.05) is 6.07 Å². The first-order valence-corrected chi connectivity index (χ1v) is 11.1. The van der Waals surface area contributed by atoms with Gasteiger partial charge in [0, 0.05) is 25.0 Å². The molecule has 1 aromatic heterocycles. The van der Waals surface area contributed by atoms with Gasteiger partial charge in [0.2, 0.25) is 0 Å². The topological polar surface area (TPSA) is 85.5 Å². The summed E-state index contributed by atoms with van der Waals surface area (Å²) in [5.74, 6) is 0. The maximum absolute atomic E-state index is 12.1. The van der Waals surface area contributed by atoms with Crippen LogP contribution in [-0.4, -0.2) is 43.6 Å². The van der Waals surface area contributed by atoms with E-state index in [9.17, 15) is 9.00 Å². The van der Waals surface area contributed by atoms with E-state index in [1.165, 1.54) is 11.3 Å². The van der Waals surface area contributed by atoms with Gasteiger partial charge in [-0.2, -0.15) is 0 Å². The lowest BCUT2D eigenvalue weighted by Gasteiger charge is -2.39. The van der Waals surface area contributed by atoms with E-state index in [-0.39, 0.29) is 10.8 Å². The highest BCUT2D eigenvalue weighted by molar-refractivity contribution is 7.84. The average Bonchev–Trinajstić information content (AvgIpc) is 2.91. The van der Waals surface area contributed by atoms with Crippen LogP contribution in [0.4, 0.5) is 4.79 Å². The molecule has 1 aromatic rings. The number of pyridine rings is 1. The molecular formula is C21H35N3O3S. The molecule has 7 heteroatoms. The van der Waals surface area contributed by atoms with Gasteiger partial charge >= 0.3 is 6.09 Å². The summed E-state index contributed by atoms with van der Waals surface area (Å²) in [6, 6.07) is 4.21. The smallest absolute Gasteiger partial charge is 0.410 e. The minimum absolute atomic E-state index is 0.175. The highest BCUT2D eigenvalue weighted by atomic mass is 32.2. The van der Waals surface area contributed by atoms with Crippen LogP contribution in [0.15, 0.2) is 18.3 Å². The van der Waals surface area contributed by atoms with Crippen LogP contribution in [-0.2, 0) is 28.6 Å². The van der Waals surface area contributed by atoms with Gasteiger partial charge < -0.3 is 9.64 Å². The number of carbonyl (C=O) groups is 1. The summed E-state index contributed by atoms with van der Waals surface area (Å²) in [4.78, 5) is 18.5. The lowest BCUT2D eigenvalue weighted by molar-refractivity contribution is 0.0110. The number of piperidine rings is 1. The summed E-state index contributed by atoms with van der Waals surface area (Å²) in [7, 11) is -1.18. The third-order valence-corrected chi connectivity index (χ3v) is 6.38. The van der Waals surface area contributed by atoms with Crippen molar-refractivity contribution in [1.29, 1.82) is 0 Å².